The number of carbonyl (C=O) groups is 1. The van der Waals surface area contributed by atoms with Gasteiger partial charge in [0.05, 0.1) is 12.3 Å². The Balaban J connectivity index is 1.27. The van der Waals surface area contributed by atoms with Crippen LogP contribution in [0.2, 0.25) is 0 Å². The molecule has 6 heteroatoms. The zero-order valence-electron chi connectivity index (χ0n) is 16.2. The average Bonchev–Trinajstić information content (AvgIpc) is 3.40. The lowest BCUT2D eigenvalue weighted by molar-refractivity contribution is -0.142. The highest BCUT2D eigenvalue weighted by atomic mass is 16.5. The first-order valence-corrected chi connectivity index (χ1v) is 9.87. The molecule has 0 aliphatic carbocycles. The Morgan fingerprint density at radius 2 is 1.97 bits per heavy atom. The summed E-state index contributed by atoms with van der Waals surface area (Å²) in [5.74, 6) is 0.675. The second kappa shape index (κ2) is 8.92. The molecule has 1 N–H and O–H groups in total. The molecule has 0 amide bonds. The van der Waals surface area contributed by atoms with Gasteiger partial charge in [-0.1, -0.05) is 30.3 Å². The van der Waals surface area contributed by atoms with E-state index in [1.807, 2.05) is 59.5 Å². The second-order valence-electron chi connectivity index (χ2n) is 7.22. The fourth-order valence-electron chi connectivity index (χ4n) is 3.63. The molecular formula is C23H24N2O4. The van der Waals surface area contributed by atoms with E-state index in [0.29, 0.717) is 25.5 Å². The average molecular weight is 392 g/mol. The molecule has 1 aliphatic rings. The van der Waals surface area contributed by atoms with Crippen LogP contribution in [-0.4, -0.2) is 40.2 Å². The van der Waals surface area contributed by atoms with Crippen LogP contribution in [0.3, 0.4) is 0 Å². The van der Waals surface area contributed by atoms with Crippen molar-refractivity contribution >= 4 is 5.97 Å². The summed E-state index contributed by atoms with van der Waals surface area (Å²) in [5.41, 5.74) is 2.90. The number of carboxylic acid groups (broad SMARTS) is 1. The van der Waals surface area contributed by atoms with E-state index in [9.17, 15) is 9.90 Å². The molecule has 0 unspecified atom stereocenters. The van der Waals surface area contributed by atoms with Gasteiger partial charge in [0, 0.05) is 18.5 Å². The van der Waals surface area contributed by atoms with Crippen LogP contribution < -0.4 is 4.74 Å². The van der Waals surface area contributed by atoms with Crippen LogP contribution in [0.15, 0.2) is 65.3 Å². The molecule has 0 bridgehead atoms. The van der Waals surface area contributed by atoms with Gasteiger partial charge in [-0.05, 0) is 49.2 Å². The molecular weight excluding hydrogens is 368 g/mol. The molecule has 1 fully saturated rings. The third-order valence-electron chi connectivity index (χ3n) is 5.16. The Hall–Kier alpha value is -3.12. The van der Waals surface area contributed by atoms with E-state index in [2.05, 4.69) is 4.98 Å². The van der Waals surface area contributed by atoms with Gasteiger partial charge in [-0.3, -0.25) is 9.69 Å². The molecule has 1 saturated heterocycles. The van der Waals surface area contributed by atoms with Crippen molar-refractivity contribution in [3.63, 3.8) is 0 Å². The van der Waals surface area contributed by atoms with E-state index in [1.54, 1.807) is 6.26 Å². The van der Waals surface area contributed by atoms with Gasteiger partial charge in [0.2, 0.25) is 5.89 Å². The quantitative estimate of drug-likeness (QED) is 0.624. The molecule has 1 aromatic heterocycles. The number of benzene rings is 2. The first-order valence-electron chi connectivity index (χ1n) is 9.87. The number of nitrogens with zero attached hydrogens (tertiary/aromatic N) is 2. The smallest absolute Gasteiger partial charge is 0.320 e. The topological polar surface area (TPSA) is 75.8 Å². The van der Waals surface area contributed by atoms with E-state index in [4.69, 9.17) is 9.15 Å². The molecule has 0 spiro atoms. The van der Waals surface area contributed by atoms with Gasteiger partial charge in [0.25, 0.3) is 0 Å². The van der Waals surface area contributed by atoms with E-state index in [0.717, 1.165) is 42.0 Å². The van der Waals surface area contributed by atoms with Crippen molar-refractivity contribution in [2.24, 2.45) is 0 Å². The molecule has 1 atom stereocenters. The molecule has 0 saturated carbocycles. The second-order valence-corrected chi connectivity index (χ2v) is 7.22. The van der Waals surface area contributed by atoms with Crippen molar-refractivity contribution in [3.8, 4) is 17.2 Å². The Bertz CT molecular complexity index is 937. The summed E-state index contributed by atoms with van der Waals surface area (Å²) in [5, 5.41) is 9.29. The van der Waals surface area contributed by atoms with Crippen molar-refractivity contribution in [3.05, 3.63) is 72.1 Å². The SMILES string of the molecule is O=C(O)[C@H]1CCCN1Cc1ccc(OCCc2coc(-c3ccccc3)n2)cc1. The van der Waals surface area contributed by atoms with Crippen molar-refractivity contribution in [1.82, 2.24) is 9.88 Å². The number of hydrogen-bond acceptors (Lipinski definition) is 5. The Kier molecular flexibility index (Phi) is 5.91. The van der Waals surface area contributed by atoms with Gasteiger partial charge in [-0.15, -0.1) is 0 Å². The molecule has 0 radical (unpaired) electrons. The summed E-state index contributed by atoms with van der Waals surface area (Å²) in [6.07, 6.45) is 3.99. The predicted octanol–water partition coefficient (Wildman–Crippen LogP) is 4.01. The summed E-state index contributed by atoms with van der Waals surface area (Å²) in [6, 6.07) is 17.3. The van der Waals surface area contributed by atoms with Crippen molar-refractivity contribution in [1.29, 1.82) is 0 Å². The number of aliphatic carboxylic acids is 1. The fraction of sp³-hybridized carbons (Fsp3) is 0.304. The number of hydrogen-bond donors (Lipinski definition) is 1. The zero-order chi connectivity index (χ0) is 20.1. The van der Waals surface area contributed by atoms with Crippen LogP contribution in [0.5, 0.6) is 5.75 Å². The Morgan fingerprint density at radius 1 is 1.17 bits per heavy atom. The largest absolute Gasteiger partial charge is 0.493 e. The molecule has 4 rings (SSSR count). The molecule has 3 aromatic rings. The van der Waals surface area contributed by atoms with E-state index >= 15 is 0 Å². The van der Waals surface area contributed by atoms with E-state index in [1.165, 1.54) is 0 Å². The summed E-state index contributed by atoms with van der Waals surface area (Å²) in [6.45, 7) is 1.99. The summed E-state index contributed by atoms with van der Waals surface area (Å²) in [7, 11) is 0. The first-order chi connectivity index (χ1) is 14.2. The minimum absolute atomic E-state index is 0.367. The van der Waals surface area contributed by atoms with Crippen LogP contribution >= 0.6 is 0 Å². The minimum Gasteiger partial charge on any atom is -0.493 e. The molecule has 29 heavy (non-hydrogen) atoms. The number of rotatable bonds is 8. The zero-order valence-corrected chi connectivity index (χ0v) is 16.2. The van der Waals surface area contributed by atoms with Gasteiger partial charge in [0.15, 0.2) is 0 Å². The number of aromatic nitrogens is 1. The van der Waals surface area contributed by atoms with Crippen LogP contribution in [0.4, 0.5) is 0 Å². The van der Waals surface area contributed by atoms with Crippen molar-refractivity contribution in [2.45, 2.75) is 31.8 Å². The van der Waals surface area contributed by atoms with Gasteiger partial charge in [-0.2, -0.15) is 0 Å². The Morgan fingerprint density at radius 3 is 2.72 bits per heavy atom. The monoisotopic (exact) mass is 392 g/mol. The lowest BCUT2D eigenvalue weighted by Crippen LogP contribution is -2.35. The maximum absolute atomic E-state index is 11.3. The van der Waals surface area contributed by atoms with Crippen LogP contribution in [-0.2, 0) is 17.8 Å². The van der Waals surface area contributed by atoms with Crippen LogP contribution in [0.1, 0.15) is 24.1 Å². The number of oxazole rings is 1. The highest BCUT2D eigenvalue weighted by Crippen LogP contribution is 2.22. The predicted molar refractivity (Wildman–Crippen MR) is 109 cm³/mol. The van der Waals surface area contributed by atoms with Gasteiger partial charge in [-0.25, -0.2) is 4.98 Å². The first kappa shape index (κ1) is 19.2. The van der Waals surface area contributed by atoms with E-state index in [-0.39, 0.29) is 6.04 Å². The number of carboxylic acids is 1. The maximum Gasteiger partial charge on any atom is 0.320 e. The molecule has 1 aliphatic heterocycles. The summed E-state index contributed by atoms with van der Waals surface area (Å²) >= 11 is 0. The maximum atomic E-state index is 11.3. The summed E-state index contributed by atoms with van der Waals surface area (Å²) in [4.78, 5) is 17.8. The minimum atomic E-state index is -0.731. The van der Waals surface area contributed by atoms with Crippen molar-refractivity contribution in [2.75, 3.05) is 13.2 Å². The number of likely N-dealkylation sites (tertiary alicyclic amines) is 1. The van der Waals surface area contributed by atoms with E-state index < -0.39 is 5.97 Å². The molecule has 6 nitrogen and oxygen atoms in total. The molecule has 2 heterocycles. The third kappa shape index (κ3) is 4.84. The van der Waals surface area contributed by atoms with Gasteiger partial charge < -0.3 is 14.3 Å². The highest BCUT2D eigenvalue weighted by molar-refractivity contribution is 5.73. The standard InChI is InChI=1S/C23H24N2O4/c26-23(27)21-7-4-13-25(21)15-17-8-10-20(11-9-17)28-14-12-19-16-29-22(24-19)18-5-2-1-3-6-18/h1-3,5-6,8-11,16,21H,4,7,12-15H2,(H,26,27)/t21-/m1/s1. The van der Waals surface area contributed by atoms with Crippen LogP contribution in [0, 0.1) is 0 Å². The molecule has 150 valence electrons. The fourth-order valence-corrected chi connectivity index (χ4v) is 3.63. The van der Waals surface area contributed by atoms with Crippen LogP contribution in [0.25, 0.3) is 11.5 Å². The van der Waals surface area contributed by atoms with Gasteiger partial charge >= 0.3 is 5.97 Å². The highest BCUT2D eigenvalue weighted by Gasteiger charge is 2.30. The Labute approximate surface area is 169 Å². The van der Waals surface area contributed by atoms with Crippen molar-refractivity contribution < 1.29 is 19.1 Å². The lowest BCUT2D eigenvalue weighted by Gasteiger charge is -2.21. The molecule has 2 aromatic carbocycles. The van der Waals surface area contributed by atoms with Gasteiger partial charge in [0.1, 0.15) is 18.1 Å². The lowest BCUT2D eigenvalue weighted by atomic mass is 10.2. The summed E-state index contributed by atoms with van der Waals surface area (Å²) < 4.78 is 11.4. The normalized spacial score (nSPS) is 16.8. The third-order valence-corrected chi connectivity index (χ3v) is 5.16. The number of ether oxygens (including phenoxy) is 1.